The lowest BCUT2D eigenvalue weighted by molar-refractivity contribution is -0.121. The maximum Gasteiger partial charge on any atom is 0.245 e. The smallest absolute Gasteiger partial charge is 0.245 e. The van der Waals surface area contributed by atoms with Gasteiger partial charge in [0.1, 0.15) is 4.90 Å². The number of piperazine rings is 1. The summed E-state index contributed by atoms with van der Waals surface area (Å²) >= 11 is 0. The highest BCUT2D eigenvalue weighted by Gasteiger charge is 2.33. The molecule has 10 heteroatoms. The second kappa shape index (κ2) is 8.66. The summed E-state index contributed by atoms with van der Waals surface area (Å²) in [7, 11) is -3.70. The minimum Gasteiger partial charge on any atom is -0.293 e. The quantitative estimate of drug-likeness (QED) is 0.643. The number of pyridine rings is 1. The second-order valence-corrected chi connectivity index (χ2v) is 9.42. The highest BCUT2D eigenvalue weighted by Crippen LogP contribution is 2.25. The van der Waals surface area contributed by atoms with E-state index in [4.69, 9.17) is 0 Å². The van der Waals surface area contributed by atoms with E-state index in [0.717, 1.165) is 10.9 Å². The second-order valence-electron chi connectivity index (χ2n) is 7.52. The number of sulfonamides is 1. The standard InChI is InChI=1S/C21H24N6O3S/c1-15-13-17-5-3-6-18(19(17)24-14-15)31(29,30)27-11-9-26(10-12-27)16(2)20(28)25-21-22-7-4-8-23-21/h3-8,13-14,16H,9-12H2,1-2H3,(H,22,23,25,28). The lowest BCUT2D eigenvalue weighted by Gasteiger charge is -2.36. The highest BCUT2D eigenvalue weighted by molar-refractivity contribution is 7.89. The zero-order chi connectivity index (χ0) is 22.0. The van der Waals surface area contributed by atoms with Crippen LogP contribution in [0.3, 0.4) is 0 Å². The van der Waals surface area contributed by atoms with E-state index in [1.165, 1.54) is 4.31 Å². The van der Waals surface area contributed by atoms with Gasteiger partial charge in [0.15, 0.2) is 0 Å². The molecule has 162 valence electrons. The van der Waals surface area contributed by atoms with Crippen molar-refractivity contribution in [3.05, 3.63) is 54.5 Å². The maximum atomic E-state index is 13.3. The average Bonchev–Trinajstić information content (AvgIpc) is 2.78. The molecule has 1 aromatic carbocycles. The van der Waals surface area contributed by atoms with E-state index in [1.54, 1.807) is 43.7 Å². The summed E-state index contributed by atoms with van der Waals surface area (Å²) in [5.74, 6) is 0.0235. The summed E-state index contributed by atoms with van der Waals surface area (Å²) in [5.41, 5.74) is 1.45. The molecule has 1 unspecified atom stereocenters. The van der Waals surface area contributed by atoms with E-state index in [0.29, 0.717) is 31.7 Å². The number of nitrogens with one attached hydrogen (secondary N) is 1. The summed E-state index contributed by atoms with van der Waals surface area (Å²) < 4.78 is 28.1. The van der Waals surface area contributed by atoms with Crippen LogP contribution in [0.4, 0.5) is 5.95 Å². The number of para-hydroxylation sites is 1. The Kier molecular flexibility index (Phi) is 5.94. The lowest BCUT2D eigenvalue weighted by Crippen LogP contribution is -2.54. The predicted molar refractivity (Wildman–Crippen MR) is 117 cm³/mol. The third-order valence-electron chi connectivity index (χ3n) is 5.43. The molecular formula is C21H24N6O3S. The van der Waals surface area contributed by atoms with Crippen molar-refractivity contribution in [3.63, 3.8) is 0 Å². The Hall–Kier alpha value is -2.95. The number of benzene rings is 1. The Morgan fingerprint density at radius 2 is 1.77 bits per heavy atom. The Morgan fingerprint density at radius 3 is 2.48 bits per heavy atom. The fraction of sp³-hybridized carbons (Fsp3) is 0.333. The summed E-state index contributed by atoms with van der Waals surface area (Å²) in [6, 6.07) is 8.37. The minimum absolute atomic E-state index is 0.213. The summed E-state index contributed by atoms with van der Waals surface area (Å²) in [5, 5.41) is 3.49. The number of aryl methyl sites for hydroxylation is 1. The first-order chi connectivity index (χ1) is 14.9. The van der Waals surface area contributed by atoms with Gasteiger partial charge in [0, 0.05) is 50.2 Å². The van der Waals surface area contributed by atoms with Crippen molar-refractivity contribution in [1.82, 2.24) is 24.2 Å². The maximum absolute atomic E-state index is 13.3. The van der Waals surface area contributed by atoms with Gasteiger partial charge in [-0.05, 0) is 37.6 Å². The van der Waals surface area contributed by atoms with Crippen molar-refractivity contribution in [1.29, 1.82) is 0 Å². The molecule has 0 saturated carbocycles. The molecule has 0 radical (unpaired) electrons. The van der Waals surface area contributed by atoms with E-state index < -0.39 is 16.1 Å². The van der Waals surface area contributed by atoms with Crippen LogP contribution in [0.1, 0.15) is 12.5 Å². The zero-order valence-electron chi connectivity index (χ0n) is 17.4. The number of amides is 1. The highest BCUT2D eigenvalue weighted by atomic mass is 32.2. The minimum atomic E-state index is -3.70. The summed E-state index contributed by atoms with van der Waals surface area (Å²) in [6.07, 6.45) is 4.79. The molecular weight excluding hydrogens is 416 g/mol. The molecule has 1 fully saturated rings. The molecule has 1 aliphatic heterocycles. The molecule has 1 saturated heterocycles. The topological polar surface area (TPSA) is 108 Å². The van der Waals surface area contributed by atoms with Gasteiger partial charge in [-0.25, -0.2) is 18.4 Å². The van der Waals surface area contributed by atoms with Crippen LogP contribution in [0.15, 0.2) is 53.8 Å². The van der Waals surface area contributed by atoms with Crippen molar-refractivity contribution < 1.29 is 13.2 Å². The van der Waals surface area contributed by atoms with E-state index in [2.05, 4.69) is 20.3 Å². The monoisotopic (exact) mass is 440 g/mol. The molecule has 1 aliphatic rings. The number of carbonyl (C=O) groups is 1. The van der Waals surface area contributed by atoms with Gasteiger partial charge in [0.05, 0.1) is 11.6 Å². The zero-order valence-corrected chi connectivity index (χ0v) is 18.2. The van der Waals surface area contributed by atoms with E-state index >= 15 is 0 Å². The van der Waals surface area contributed by atoms with Gasteiger partial charge in [0.25, 0.3) is 0 Å². The Labute approximate surface area is 181 Å². The number of anilines is 1. The molecule has 0 spiro atoms. The molecule has 3 heterocycles. The molecule has 0 bridgehead atoms. The Bertz CT molecular complexity index is 1190. The molecule has 1 N–H and O–H groups in total. The van der Waals surface area contributed by atoms with Crippen LogP contribution in [-0.2, 0) is 14.8 Å². The van der Waals surface area contributed by atoms with Crippen molar-refractivity contribution in [3.8, 4) is 0 Å². The average molecular weight is 441 g/mol. The van der Waals surface area contributed by atoms with Gasteiger partial charge in [-0.15, -0.1) is 0 Å². The normalized spacial score (nSPS) is 16.8. The first-order valence-electron chi connectivity index (χ1n) is 10.0. The predicted octanol–water partition coefficient (Wildman–Crippen LogP) is 1.67. The molecule has 9 nitrogen and oxygen atoms in total. The first-order valence-corrected chi connectivity index (χ1v) is 11.5. The summed E-state index contributed by atoms with van der Waals surface area (Å²) in [4.78, 5) is 27.0. The fourth-order valence-electron chi connectivity index (χ4n) is 3.67. The van der Waals surface area contributed by atoms with Gasteiger partial charge in [0.2, 0.25) is 21.9 Å². The van der Waals surface area contributed by atoms with E-state index in [-0.39, 0.29) is 16.8 Å². The molecule has 2 aromatic heterocycles. The van der Waals surface area contributed by atoms with Crippen LogP contribution in [0, 0.1) is 6.92 Å². The third-order valence-corrected chi connectivity index (χ3v) is 7.36. The van der Waals surface area contributed by atoms with Crippen LogP contribution in [0.5, 0.6) is 0 Å². The largest absolute Gasteiger partial charge is 0.293 e. The van der Waals surface area contributed by atoms with Crippen molar-refractivity contribution in [2.45, 2.75) is 24.8 Å². The van der Waals surface area contributed by atoms with Crippen LogP contribution in [0.2, 0.25) is 0 Å². The molecule has 31 heavy (non-hydrogen) atoms. The number of carbonyl (C=O) groups excluding carboxylic acids is 1. The molecule has 1 atom stereocenters. The van der Waals surface area contributed by atoms with Crippen molar-refractivity contribution in [2.75, 3.05) is 31.5 Å². The van der Waals surface area contributed by atoms with Crippen molar-refractivity contribution in [2.24, 2.45) is 0 Å². The third kappa shape index (κ3) is 4.41. The van der Waals surface area contributed by atoms with Crippen LogP contribution in [0.25, 0.3) is 10.9 Å². The number of nitrogens with zero attached hydrogens (tertiary/aromatic N) is 5. The number of fused-ring (bicyclic) bond motifs is 1. The number of hydrogen-bond acceptors (Lipinski definition) is 7. The van der Waals surface area contributed by atoms with E-state index in [1.807, 2.05) is 24.0 Å². The Morgan fingerprint density at radius 1 is 1.06 bits per heavy atom. The van der Waals surface area contributed by atoms with Gasteiger partial charge in [-0.1, -0.05) is 12.1 Å². The van der Waals surface area contributed by atoms with Crippen LogP contribution >= 0.6 is 0 Å². The van der Waals surface area contributed by atoms with Gasteiger partial charge in [-0.2, -0.15) is 4.31 Å². The number of hydrogen-bond donors (Lipinski definition) is 1. The molecule has 4 rings (SSSR count). The SMILES string of the molecule is Cc1cnc2c(S(=O)(=O)N3CCN(C(C)C(=O)Nc4ncccn4)CC3)cccc2c1. The molecule has 0 aliphatic carbocycles. The molecule has 1 amide bonds. The van der Waals surface area contributed by atoms with Crippen LogP contribution < -0.4 is 5.32 Å². The number of rotatable bonds is 5. The fourth-order valence-corrected chi connectivity index (χ4v) is 5.25. The summed E-state index contributed by atoms with van der Waals surface area (Å²) in [6.45, 7) is 5.20. The van der Waals surface area contributed by atoms with E-state index in [9.17, 15) is 13.2 Å². The van der Waals surface area contributed by atoms with Crippen molar-refractivity contribution >= 4 is 32.8 Å². The Balaban J connectivity index is 1.45. The van der Waals surface area contributed by atoms with Gasteiger partial charge < -0.3 is 0 Å². The number of aromatic nitrogens is 3. The van der Waals surface area contributed by atoms with Gasteiger partial charge in [-0.3, -0.25) is 20.0 Å². The molecule has 3 aromatic rings. The van der Waals surface area contributed by atoms with Crippen LogP contribution in [-0.4, -0.2) is 70.7 Å². The van der Waals surface area contributed by atoms with Gasteiger partial charge >= 0.3 is 0 Å². The first kappa shape index (κ1) is 21.3. The lowest BCUT2D eigenvalue weighted by atomic mass is 10.2.